The van der Waals surface area contributed by atoms with Crippen molar-refractivity contribution >= 4 is 5.91 Å². The Morgan fingerprint density at radius 3 is 2.42 bits per heavy atom. The molecule has 0 N–H and O–H groups in total. The number of amides is 1. The van der Waals surface area contributed by atoms with E-state index >= 15 is 0 Å². The molecule has 1 aromatic heterocycles. The highest BCUT2D eigenvalue weighted by Crippen LogP contribution is 2.29. The zero-order valence-electron chi connectivity index (χ0n) is 14.3. The Hall–Kier alpha value is -2.41. The van der Waals surface area contributed by atoms with E-state index in [-0.39, 0.29) is 31.8 Å². The lowest BCUT2D eigenvalue weighted by Crippen LogP contribution is -2.42. The van der Waals surface area contributed by atoms with Crippen molar-refractivity contribution in [3.05, 3.63) is 53.9 Å². The second kappa shape index (κ2) is 7.45. The number of alkyl halides is 3. The van der Waals surface area contributed by atoms with Crippen molar-refractivity contribution in [1.29, 1.82) is 0 Å². The van der Waals surface area contributed by atoms with Crippen LogP contribution in [0.4, 0.5) is 13.2 Å². The first-order chi connectivity index (χ1) is 12.3. The van der Waals surface area contributed by atoms with Crippen LogP contribution in [0.3, 0.4) is 0 Å². The fraction of sp³-hybridized carbons (Fsp3) is 0.368. The third kappa shape index (κ3) is 4.22. The number of piperidine rings is 1. The molecule has 0 atom stereocenters. The van der Waals surface area contributed by atoms with E-state index in [0.717, 1.165) is 11.1 Å². The summed E-state index contributed by atoms with van der Waals surface area (Å²) in [5.74, 6) is -0.208. The van der Waals surface area contributed by atoms with Crippen LogP contribution in [0.25, 0.3) is 11.1 Å². The van der Waals surface area contributed by atoms with E-state index in [0.29, 0.717) is 11.3 Å². The number of halogens is 3. The SMILES string of the molecule is Cc1nccc(-c2ccccc2)c1C(=O)N1CCC(OC(F)(F)F)CC1. The summed E-state index contributed by atoms with van der Waals surface area (Å²) in [4.78, 5) is 18.8. The number of hydrogen-bond donors (Lipinski definition) is 0. The molecule has 0 radical (unpaired) electrons. The van der Waals surface area contributed by atoms with E-state index < -0.39 is 12.5 Å². The summed E-state index contributed by atoms with van der Waals surface area (Å²) < 4.78 is 41.1. The van der Waals surface area contributed by atoms with E-state index in [9.17, 15) is 18.0 Å². The van der Waals surface area contributed by atoms with E-state index in [2.05, 4.69) is 9.72 Å². The summed E-state index contributed by atoms with van der Waals surface area (Å²) in [6.07, 6.45) is -3.58. The molecule has 138 valence electrons. The first kappa shape index (κ1) is 18.4. The number of ether oxygens (including phenoxy) is 1. The second-order valence-corrected chi connectivity index (χ2v) is 6.24. The first-order valence-corrected chi connectivity index (χ1v) is 8.40. The van der Waals surface area contributed by atoms with Crippen molar-refractivity contribution in [3.8, 4) is 11.1 Å². The highest BCUT2D eigenvalue weighted by Gasteiger charge is 2.36. The average molecular weight is 364 g/mol. The van der Waals surface area contributed by atoms with Crippen LogP contribution in [-0.2, 0) is 4.74 Å². The van der Waals surface area contributed by atoms with Gasteiger partial charge in [0, 0.05) is 19.3 Å². The van der Waals surface area contributed by atoms with Gasteiger partial charge >= 0.3 is 6.36 Å². The Balaban J connectivity index is 1.79. The number of aryl methyl sites for hydroxylation is 1. The summed E-state index contributed by atoms with van der Waals surface area (Å²) in [6, 6.07) is 11.3. The molecule has 0 saturated carbocycles. The number of aromatic nitrogens is 1. The third-order valence-corrected chi connectivity index (χ3v) is 4.47. The molecule has 0 spiro atoms. The minimum Gasteiger partial charge on any atom is -0.338 e. The lowest BCUT2D eigenvalue weighted by molar-refractivity contribution is -0.345. The predicted octanol–water partition coefficient (Wildman–Crippen LogP) is 4.20. The van der Waals surface area contributed by atoms with Crippen LogP contribution >= 0.6 is 0 Å². The topological polar surface area (TPSA) is 42.4 Å². The number of pyridine rings is 1. The van der Waals surface area contributed by atoms with Crippen LogP contribution in [0.2, 0.25) is 0 Å². The van der Waals surface area contributed by atoms with Gasteiger partial charge in [-0.25, -0.2) is 0 Å². The molecule has 1 fully saturated rings. The van der Waals surface area contributed by atoms with Gasteiger partial charge in [0.25, 0.3) is 5.91 Å². The fourth-order valence-electron chi connectivity index (χ4n) is 3.22. The van der Waals surface area contributed by atoms with Crippen molar-refractivity contribution < 1.29 is 22.7 Å². The van der Waals surface area contributed by atoms with Crippen molar-refractivity contribution in [1.82, 2.24) is 9.88 Å². The molecule has 4 nitrogen and oxygen atoms in total. The Labute approximate surface area is 149 Å². The molecule has 0 aliphatic carbocycles. The molecule has 26 heavy (non-hydrogen) atoms. The zero-order chi connectivity index (χ0) is 18.7. The number of rotatable bonds is 3. The van der Waals surface area contributed by atoms with Gasteiger partial charge in [-0.2, -0.15) is 0 Å². The average Bonchev–Trinajstić information content (AvgIpc) is 2.61. The summed E-state index contributed by atoms with van der Waals surface area (Å²) in [5, 5.41) is 0. The Morgan fingerprint density at radius 2 is 1.81 bits per heavy atom. The summed E-state index contributed by atoms with van der Waals surface area (Å²) in [7, 11) is 0. The zero-order valence-corrected chi connectivity index (χ0v) is 14.3. The molecule has 1 aliphatic rings. The van der Waals surface area contributed by atoms with Gasteiger partial charge in [-0.1, -0.05) is 30.3 Å². The lowest BCUT2D eigenvalue weighted by Gasteiger charge is -2.32. The molecule has 2 aromatic rings. The Bertz CT molecular complexity index is 770. The van der Waals surface area contributed by atoms with Crippen LogP contribution < -0.4 is 0 Å². The highest BCUT2D eigenvalue weighted by molar-refractivity contribution is 6.01. The molecule has 3 rings (SSSR count). The molecule has 0 bridgehead atoms. The maximum atomic E-state index is 13.0. The van der Waals surface area contributed by atoms with E-state index in [1.54, 1.807) is 24.1 Å². The van der Waals surface area contributed by atoms with Gasteiger partial charge in [0.2, 0.25) is 0 Å². The number of likely N-dealkylation sites (tertiary alicyclic amines) is 1. The van der Waals surface area contributed by atoms with Crippen molar-refractivity contribution in [2.45, 2.75) is 32.2 Å². The number of benzene rings is 1. The van der Waals surface area contributed by atoms with Crippen molar-refractivity contribution in [3.63, 3.8) is 0 Å². The molecule has 0 unspecified atom stereocenters. The summed E-state index contributed by atoms with van der Waals surface area (Å²) >= 11 is 0. The van der Waals surface area contributed by atoms with Gasteiger partial charge < -0.3 is 4.90 Å². The first-order valence-electron chi connectivity index (χ1n) is 8.40. The third-order valence-electron chi connectivity index (χ3n) is 4.47. The lowest BCUT2D eigenvalue weighted by atomic mass is 9.97. The van der Waals surface area contributed by atoms with Crippen molar-refractivity contribution in [2.75, 3.05) is 13.1 Å². The molecule has 1 aliphatic heterocycles. The van der Waals surface area contributed by atoms with Crippen molar-refractivity contribution in [2.24, 2.45) is 0 Å². The number of nitrogens with zero attached hydrogens (tertiary/aromatic N) is 2. The molecule has 1 aromatic carbocycles. The molecular formula is C19H19F3N2O2. The maximum Gasteiger partial charge on any atom is 0.522 e. The molecule has 2 heterocycles. The Kier molecular flexibility index (Phi) is 5.27. The fourth-order valence-corrected chi connectivity index (χ4v) is 3.22. The molecule has 1 saturated heterocycles. The van der Waals surface area contributed by atoms with Crippen LogP contribution in [0.15, 0.2) is 42.6 Å². The standard InChI is InChI=1S/C19H19F3N2O2/c1-13-17(16(7-10-23-13)14-5-3-2-4-6-14)18(25)24-11-8-15(9-12-24)26-19(20,21)22/h2-7,10,15H,8-9,11-12H2,1H3. The van der Waals surface area contributed by atoms with Gasteiger partial charge in [0.1, 0.15) is 0 Å². The van der Waals surface area contributed by atoms with Crippen LogP contribution in [0.5, 0.6) is 0 Å². The van der Waals surface area contributed by atoms with E-state index in [1.165, 1.54) is 0 Å². The molecular weight excluding hydrogens is 345 g/mol. The molecule has 1 amide bonds. The normalized spacial score (nSPS) is 15.9. The van der Waals surface area contributed by atoms with Gasteiger partial charge in [-0.05, 0) is 37.0 Å². The number of carbonyl (C=O) groups is 1. The van der Waals surface area contributed by atoms with E-state index in [1.807, 2.05) is 30.3 Å². The summed E-state index contributed by atoms with van der Waals surface area (Å²) in [5.41, 5.74) is 2.77. The van der Waals surface area contributed by atoms with Crippen LogP contribution in [0.1, 0.15) is 28.9 Å². The highest BCUT2D eigenvalue weighted by atomic mass is 19.4. The number of carbonyl (C=O) groups excluding carboxylic acids is 1. The summed E-state index contributed by atoms with van der Waals surface area (Å²) in [6.45, 7) is 2.21. The second-order valence-electron chi connectivity index (χ2n) is 6.24. The predicted molar refractivity (Wildman–Crippen MR) is 90.5 cm³/mol. The van der Waals surface area contributed by atoms with Crippen LogP contribution in [-0.4, -0.2) is 41.3 Å². The van der Waals surface area contributed by atoms with Gasteiger partial charge in [0.05, 0.1) is 17.4 Å². The van der Waals surface area contributed by atoms with E-state index in [4.69, 9.17) is 0 Å². The molecule has 7 heteroatoms. The quantitative estimate of drug-likeness (QED) is 0.820. The van der Waals surface area contributed by atoms with Crippen LogP contribution in [0, 0.1) is 6.92 Å². The van der Waals surface area contributed by atoms with Gasteiger partial charge in [-0.3, -0.25) is 14.5 Å². The van der Waals surface area contributed by atoms with Gasteiger partial charge in [0.15, 0.2) is 0 Å². The Morgan fingerprint density at radius 1 is 1.15 bits per heavy atom. The largest absolute Gasteiger partial charge is 0.522 e. The smallest absolute Gasteiger partial charge is 0.338 e. The monoisotopic (exact) mass is 364 g/mol. The maximum absolute atomic E-state index is 13.0. The minimum atomic E-state index is -4.64. The minimum absolute atomic E-state index is 0.158. The number of hydrogen-bond acceptors (Lipinski definition) is 3. The van der Waals surface area contributed by atoms with Gasteiger partial charge in [-0.15, -0.1) is 13.2 Å².